The van der Waals surface area contributed by atoms with Crippen LogP contribution in [0, 0.1) is 16.3 Å². The topological polar surface area (TPSA) is 76.3 Å². The van der Waals surface area contributed by atoms with Crippen LogP contribution in [0.1, 0.15) is 107 Å². The van der Waals surface area contributed by atoms with Crippen LogP contribution in [0.5, 0.6) is 0 Å². The van der Waals surface area contributed by atoms with Crippen LogP contribution in [0.3, 0.4) is 0 Å². The summed E-state index contributed by atoms with van der Waals surface area (Å²) in [4.78, 5) is 27.1. The van der Waals surface area contributed by atoms with Gasteiger partial charge in [0.05, 0.1) is 18.3 Å². The minimum absolute atomic E-state index is 0.141. The van der Waals surface area contributed by atoms with Crippen molar-refractivity contribution in [1.29, 1.82) is 0 Å². The SMILES string of the molecule is CCCCCCCCCCCCCCCCN(C(=O)c1cc[c]nc1)[N+](=O)[O-]. The lowest BCUT2D eigenvalue weighted by Gasteiger charge is -2.12. The lowest BCUT2D eigenvalue weighted by Crippen LogP contribution is -2.37. The van der Waals surface area contributed by atoms with E-state index >= 15 is 0 Å². The molecule has 0 unspecified atom stereocenters. The Hall–Kier alpha value is -1.98. The fraction of sp³-hybridized carbons (Fsp3) is 0.727. The number of carbonyl (C=O) groups excluding carboxylic acids is 1. The molecule has 1 rings (SSSR count). The molecule has 1 radical (unpaired) electrons. The quantitative estimate of drug-likeness (QED) is 0.186. The van der Waals surface area contributed by atoms with Crippen LogP contribution in [-0.4, -0.2) is 27.5 Å². The minimum atomic E-state index is -0.624. The molecule has 0 atom stereocenters. The number of unbranched alkanes of at least 4 members (excludes halogenated alkanes) is 13. The van der Waals surface area contributed by atoms with Crippen molar-refractivity contribution in [3.63, 3.8) is 0 Å². The van der Waals surface area contributed by atoms with Crippen molar-refractivity contribution in [2.75, 3.05) is 6.54 Å². The summed E-state index contributed by atoms with van der Waals surface area (Å²) >= 11 is 0. The highest BCUT2D eigenvalue weighted by atomic mass is 16.7. The highest BCUT2D eigenvalue weighted by molar-refractivity contribution is 5.92. The summed E-state index contributed by atoms with van der Waals surface area (Å²) in [7, 11) is 0. The van der Waals surface area contributed by atoms with Crippen molar-refractivity contribution >= 4 is 5.91 Å². The second-order valence-corrected chi connectivity index (χ2v) is 7.44. The zero-order chi connectivity index (χ0) is 20.5. The molecule has 0 aromatic carbocycles. The van der Waals surface area contributed by atoms with E-state index < -0.39 is 10.9 Å². The summed E-state index contributed by atoms with van der Waals surface area (Å²) in [6, 6.07) is 2.98. The zero-order valence-corrected chi connectivity index (χ0v) is 17.4. The van der Waals surface area contributed by atoms with E-state index in [9.17, 15) is 14.9 Å². The molecule has 0 aliphatic carbocycles. The number of hydrogen-bond donors (Lipinski definition) is 0. The first-order chi connectivity index (χ1) is 13.7. The first-order valence-corrected chi connectivity index (χ1v) is 10.9. The maximum absolute atomic E-state index is 12.2. The Bertz CT molecular complexity index is 537. The molecule has 1 aromatic rings. The molecule has 0 fully saturated rings. The molecular weight excluding hydrogens is 354 g/mol. The number of nitro groups is 1. The molecule has 0 aliphatic heterocycles. The summed E-state index contributed by atoms with van der Waals surface area (Å²) in [5, 5.41) is 11.2. The van der Waals surface area contributed by atoms with E-state index in [2.05, 4.69) is 18.1 Å². The Labute approximate surface area is 169 Å². The van der Waals surface area contributed by atoms with Gasteiger partial charge in [-0.2, -0.15) is 0 Å². The van der Waals surface area contributed by atoms with Crippen molar-refractivity contribution in [1.82, 2.24) is 9.99 Å². The Morgan fingerprint density at radius 2 is 1.46 bits per heavy atom. The molecule has 6 heteroatoms. The van der Waals surface area contributed by atoms with Crippen molar-refractivity contribution in [3.05, 3.63) is 40.2 Å². The molecule has 1 aromatic heterocycles. The summed E-state index contributed by atoms with van der Waals surface area (Å²) in [5.74, 6) is -0.610. The molecule has 6 nitrogen and oxygen atoms in total. The Morgan fingerprint density at radius 3 is 1.89 bits per heavy atom. The van der Waals surface area contributed by atoms with Gasteiger partial charge in [-0.25, -0.2) is 10.1 Å². The Kier molecular flexibility index (Phi) is 13.8. The number of rotatable bonds is 17. The predicted octanol–water partition coefficient (Wildman–Crippen LogP) is 6.00. The van der Waals surface area contributed by atoms with E-state index in [4.69, 9.17) is 0 Å². The highest BCUT2D eigenvalue weighted by Gasteiger charge is 2.25. The van der Waals surface area contributed by atoms with Gasteiger partial charge >= 0.3 is 5.91 Å². The lowest BCUT2D eigenvalue weighted by molar-refractivity contribution is -0.632. The van der Waals surface area contributed by atoms with Gasteiger partial charge in [0.2, 0.25) is 0 Å². The normalized spacial score (nSPS) is 10.8. The number of hydrazine groups is 1. The van der Waals surface area contributed by atoms with Gasteiger partial charge in [0, 0.05) is 6.20 Å². The third kappa shape index (κ3) is 11.0. The molecule has 0 saturated carbocycles. The molecule has 0 bridgehead atoms. The number of hydrogen-bond acceptors (Lipinski definition) is 4. The van der Waals surface area contributed by atoms with Crippen LogP contribution in [0.25, 0.3) is 0 Å². The summed E-state index contributed by atoms with van der Waals surface area (Å²) in [6.45, 7) is 2.39. The fourth-order valence-corrected chi connectivity index (χ4v) is 3.31. The van der Waals surface area contributed by atoms with Gasteiger partial charge in [0.15, 0.2) is 5.03 Å². The summed E-state index contributed by atoms with van der Waals surface area (Å²) < 4.78 is 0. The van der Waals surface area contributed by atoms with Gasteiger partial charge in [-0.3, -0.25) is 9.78 Å². The molecule has 1 heterocycles. The highest BCUT2D eigenvalue weighted by Crippen LogP contribution is 2.13. The minimum Gasteiger partial charge on any atom is -0.263 e. The van der Waals surface area contributed by atoms with E-state index in [1.807, 2.05) is 0 Å². The van der Waals surface area contributed by atoms with Gasteiger partial charge < -0.3 is 0 Å². The first kappa shape index (κ1) is 24.1. The molecule has 0 saturated heterocycles. The summed E-state index contributed by atoms with van der Waals surface area (Å²) in [6.07, 6.45) is 21.0. The second-order valence-electron chi connectivity index (χ2n) is 7.44. The van der Waals surface area contributed by atoms with Crippen molar-refractivity contribution < 1.29 is 9.83 Å². The Balaban J connectivity index is 2.02. The van der Waals surface area contributed by atoms with Crippen LogP contribution < -0.4 is 0 Å². The second kappa shape index (κ2) is 16.0. The molecular formula is C22H36N3O3. The average Bonchev–Trinajstić information content (AvgIpc) is 2.71. The van der Waals surface area contributed by atoms with Crippen molar-refractivity contribution in [2.45, 2.75) is 96.8 Å². The van der Waals surface area contributed by atoms with E-state index in [1.54, 1.807) is 0 Å². The fourth-order valence-electron chi connectivity index (χ4n) is 3.31. The number of aromatic nitrogens is 1. The van der Waals surface area contributed by atoms with Crippen LogP contribution in [-0.2, 0) is 0 Å². The monoisotopic (exact) mass is 390 g/mol. The van der Waals surface area contributed by atoms with Gasteiger partial charge in [-0.1, -0.05) is 95.4 Å². The Morgan fingerprint density at radius 1 is 0.964 bits per heavy atom. The maximum atomic E-state index is 12.2. The molecule has 1 amide bonds. The predicted molar refractivity (Wildman–Crippen MR) is 111 cm³/mol. The van der Waals surface area contributed by atoms with E-state index in [0.717, 1.165) is 12.8 Å². The van der Waals surface area contributed by atoms with Crippen LogP contribution >= 0.6 is 0 Å². The smallest absolute Gasteiger partial charge is 0.263 e. The maximum Gasteiger partial charge on any atom is 0.315 e. The molecule has 0 spiro atoms. The molecule has 0 aliphatic rings. The van der Waals surface area contributed by atoms with Crippen molar-refractivity contribution in [3.8, 4) is 0 Å². The van der Waals surface area contributed by atoms with Crippen LogP contribution in [0.2, 0.25) is 0 Å². The van der Waals surface area contributed by atoms with E-state index in [1.165, 1.54) is 89.0 Å². The number of amides is 1. The number of nitrogens with zero attached hydrogens (tertiary/aromatic N) is 3. The average molecular weight is 391 g/mol. The van der Waals surface area contributed by atoms with Crippen molar-refractivity contribution in [2.24, 2.45) is 0 Å². The van der Waals surface area contributed by atoms with Gasteiger partial charge in [0.1, 0.15) is 0 Å². The standard InChI is InChI=1S/C22H36N3O3/c1-2-3-4-5-6-7-8-9-10-11-12-13-14-15-19-24(25(27)28)22(26)21-17-16-18-23-20-21/h16-17,20H,2-15,19H2,1H3. The molecule has 157 valence electrons. The van der Waals surface area contributed by atoms with Crippen LogP contribution in [0.4, 0.5) is 0 Å². The van der Waals surface area contributed by atoms with Gasteiger partial charge in [-0.05, 0) is 18.6 Å². The van der Waals surface area contributed by atoms with Crippen LogP contribution in [0.15, 0.2) is 18.3 Å². The third-order valence-corrected chi connectivity index (χ3v) is 5.02. The molecule has 0 N–H and O–H groups in total. The molecule has 28 heavy (non-hydrogen) atoms. The number of carbonyl (C=O) groups is 1. The summed E-state index contributed by atoms with van der Waals surface area (Å²) in [5.41, 5.74) is 0.223. The number of pyridine rings is 1. The third-order valence-electron chi connectivity index (χ3n) is 5.02. The van der Waals surface area contributed by atoms with Gasteiger partial charge in [-0.15, -0.1) is 0 Å². The largest absolute Gasteiger partial charge is 0.315 e. The van der Waals surface area contributed by atoms with Gasteiger partial charge in [0.25, 0.3) is 0 Å². The zero-order valence-electron chi connectivity index (χ0n) is 17.4. The van der Waals surface area contributed by atoms with E-state index in [0.29, 0.717) is 11.4 Å². The first-order valence-electron chi connectivity index (χ1n) is 10.9. The lowest BCUT2D eigenvalue weighted by atomic mass is 10.0. The van der Waals surface area contributed by atoms with E-state index in [-0.39, 0.29) is 12.1 Å².